The van der Waals surface area contributed by atoms with Crippen molar-refractivity contribution in [2.45, 2.75) is 38.7 Å². The number of aliphatic imine (C=N–C) groups is 1. The van der Waals surface area contributed by atoms with E-state index in [0.717, 1.165) is 16.2 Å². The molecule has 1 atom stereocenters. The molecule has 1 aromatic heterocycles. The molecule has 1 N–H and O–H groups in total. The normalized spacial score (nSPS) is 15.5. The average Bonchev–Trinajstić information content (AvgIpc) is 3.09. The number of aromatic nitrogens is 2. The van der Waals surface area contributed by atoms with Gasteiger partial charge >= 0.3 is 0 Å². The summed E-state index contributed by atoms with van der Waals surface area (Å²) in [7, 11) is 1.58. The molecule has 2 aromatic carbocycles. The van der Waals surface area contributed by atoms with Gasteiger partial charge in [-0.25, -0.2) is 9.38 Å². The third-order valence-electron chi connectivity index (χ3n) is 5.06. The molecule has 1 unspecified atom stereocenters. The van der Waals surface area contributed by atoms with Crippen LogP contribution in [0.15, 0.2) is 52.3 Å². The van der Waals surface area contributed by atoms with Crippen LogP contribution in [0.4, 0.5) is 10.2 Å². The van der Waals surface area contributed by atoms with Crippen molar-refractivity contribution in [2.24, 2.45) is 4.99 Å². The van der Waals surface area contributed by atoms with E-state index in [1.165, 1.54) is 12.1 Å². The second-order valence-electron chi connectivity index (χ2n) is 7.60. The standard InChI is InChI=1S/C23H24FN3O3S/c1-13(2)27-22-20(23(28)26-27)21(31-14(3)25-22)16-7-10-18(19(11-16)29-4)30-12-15-5-8-17(24)9-6-15/h5-11,13,21H,12H2,1-4H3,(H,26,28). The largest absolute Gasteiger partial charge is 0.493 e. The van der Waals surface area contributed by atoms with Crippen molar-refractivity contribution in [1.29, 1.82) is 0 Å². The highest BCUT2D eigenvalue weighted by atomic mass is 32.2. The Morgan fingerprint density at radius 1 is 1.19 bits per heavy atom. The highest BCUT2D eigenvalue weighted by Crippen LogP contribution is 2.45. The van der Waals surface area contributed by atoms with E-state index in [0.29, 0.717) is 29.5 Å². The number of benzene rings is 2. The van der Waals surface area contributed by atoms with Crippen LogP contribution in [0, 0.1) is 5.82 Å². The third kappa shape index (κ3) is 4.25. The Morgan fingerprint density at radius 2 is 1.94 bits per heavy atom. The second kappa shape index (κ2) is 8.63. The van der Waals surface area contributed by atoms with E-state index in [1.807, 2.05) is 43.7 Å². The fourth-order valence-corrected chi connectivity index (χ4v) is 4.62. The van der Waals surface area contributed by atoms with E-state index in [-0.39, 0.29) is 22.7 Å². The van der Waals surface area contributed by atoms with Crippen LogP contribution in [0.3, 0.4) is 0 Å². The van der Waals surface area contributed by atoms with Crippen LogP contribution in [0.2, 0.25) is 0 Å². The van der Waals surface area contributed by atoms with Crippen LogP contribution in [0.1, 0.15) is 48.8 Å². The van der Waals surface area contributed by atoms with Crippen molar-refractivity contribution < 1.29 is 13.9 Å². The first kappa shape index (κ1) is 21.2. The van der Waals surface area contributed by atoms with Crippen LogP contribution >= 0.6 is 11.8 Å². The summed E-state index contributed by atoms with van der Waals surface area (Å²) in [6, 6.07) is 11.9. The number of methoxy groups -OCH3 is 1. The van der Waals surface area contributed by atoms with E-state index in [4.69, 9.17) is 9.47 Å². The first-order chi connectivity index (χ1) is 14.9. The van der Waals surface area contributed by atoms with Gasteiger partial charge in [-0.3, -0.25) is 14.6 Å². The summed E-state index contributed by atoms with van der Waals surface area (Å²) in [5.41, 5.74) is 2.30. The van der Waals surface area contributed by atoms with E-state index in [2.05, 4.69) is 10.1 Å². The number of H-pyrrole nitrogens is 1. The van der Waals surface area contributed by atoms with Gasteiger partial charge in [0, 0.05) is 6.04 Å². The van der Waals surface area contributed by atoms with Crippen molar-refractivity contribution in [1.82, 2.24) is 9.78 Å². The second-order valence-corrected chi connectivity index (χ2v) is 8.89. The lowest BCUT2D eigenvalue weighted by atomic mass is 10.1. The van der Waals surface area contributed by atoms with Gasteiger partial charge in [0.05, 0.1) is 23.0 Å². The van der Waals surface area contributed by atoms with Crippen molar-refractivity contribution in [2.75, 3.05) is 7.11 Å². The molecule has 1 aliphatic rings. The zero-order valence-electron chi connectivity index (χ0n) is 17.8. The predicted molar refractivity (Wildman–Crippen MR) is 121 cm³/mol. The number of fused-ring (bicyclic) bond motifs is 1. The Labute approximate surface area is 184 Å². The number of ether oxygens (including phenoxy) is 2. The first-order valence-electron chi connectivity index (χ1n) is 9.99. The Kier molecular flexibility index (Phi) is 5.91. The van der Waals surface area contributed by atoms with E-state index < -0.39 is 0 Å². The SMILES string of the molecule is COc1cc(C2SC(C)=Nc3c2c(=O)[nH]n3C(C)C)ccc1OCc1ccc(F)cc1. The summed E-state index contributed by atoms with van der Waals surface area (Å²) < 4.78 is 26.4. The van der Waals surface area contributed by atoms with E-state index >= 15 is 0 Å². The molecule has 0 aliphatic carbocycles. The maximum Gasteiger partial charge on any atom is 0.271 e. The van der Waals surface area contributed by atoms with Crippen LogP contribution in [-0.4, -0.2) is 21.9 Å². The minimum atomic E-state index is -0.282. The number of halogens is 1. The molecule has 31 heavy (non-hydrogen) atoms. The molecule has 0 amide bonds. The van der Waals surface area contributed by atoms with Gasteiger partial charge in [-0.15, -0.1) is 0 Å². The molecule has 162 valence electrons. The summed E-state index contributed by atoms with van der Waals surface area (Å²) in [4.78, 5) is 17.4. The van der Waals surface area contributed by atoms with Crippen molar-refractivity contribution >= 4 is 22.6 Å². The Balaban J connectivity index is 1.65. The van der Waals surface area contributed by atoms with E-state index in [1.54, 1.807) is 31.0 Å². The molecule has 0 saturated heterocycles. The summed E-state index contributed by atoms with van der Waals surface area (Å²) in [6.07, 6.45) is 0. The van der Waals surface area contributed by atoms with Gasteiger partial charge in [0.1, 0.15) is 12.4 Å². The predicted octanol–water partition coefficient (Wildman–Crippen LogP) is 5.37. The minimum Gasteiger partial charge on any atom is -0.493 e. The van der Waals surface area contributed by atoms with Crippen LogP contribution < -0.4 is 15.0 Å². The summed E-state index contributed by atoms with van der Waals surface area (Å²) >= 11 is 1.54. The van der Waals surface area contributed by atoms with Crippen molar-refractivity contribution in [3.8, 4) is 11.5 Å². The number of aromatic amines is 1. The summed E-state index contributed by atoms with van der Waals surface area (Å²) in [5.74, 6) is 1.55. The lowest BCUT2D eigenvalue weighted by molar-refractivity contribution is 0.284. The monoisotopic (exact) mass is 441 g/mol. The minimum absolute atomic E-state index is 0.0912. The van der Waals surface area contributed by atoms with Crippen LogP contribution in [0.5, 0.6) is 11.5 Å². The highest BCUT2D eigenvalue weighted by molar-refractivity contribution is 8.14. The molecule has 3 aromatic rings. The maximum atomic E-state index is 13.1. The van der Waals surface area contributed by atoms with E-state index in [9.17, 15) is 9.18 Å². The lowest BCUT2D eigenvalue weighted by Crippen LogP contribution is -2.13. The topological polar surface area (TPSA) is 68.6 Å². The maximum absolute atomic E-state index is 13.1. The fraction of sp³-hybridized carbons (Fsp3) is 0.304. The number of hydrogen-bond donors (Lipinski definition) is 1. The smallest absolute Gasteiger partial charge is 0.271 e. The average molecular weight is 442 g/mol. The molecule has 8 heteroatoms. The molecule has 2 heterocycles. The van der Waals surface area contributed by atoms with Crippen molar-refractivity contribution in [3.05, 3.63) is 75.3 Å². The molecular formula is C23H24FN3O3S. The zero-order chi connectivity index (χ0) is 22.1. The van der Waals surface area contributed by atoms with Gasteiger partial charge in [-0.1, -0.05) is 30.0 Å². The Morgan fingerprint density at radius 3 is 2.61 bits per heavy atom. The highest BCUT2D eigenvalue weighted by Gasteiger charge is 2.31. The van der Waals surface area contributed by atoms with Gasteiger partial charge in [0.15, 0.2) is 17.3 Å². The van der Waals surface area contributed by atoms with Crippen LogP contribution in [0.25, 0.3) is 0 Å². The number of rotatable bonds is 6. The van der Waals surface area contributed by atoms with Gasteiger partial charge < -0.3 is 9.47 Å². The molecule has 0 saturated carbocycles. The quantitative estimate of drug-likeness (QED) is 0.558. The Bertz CT molecular complexity index is 1180. The number of nitrogens with zero attached hydrogens (tertiary/aromatic N) is 2. The van der Waals surface area contributed by atoms with Gasteiger partial charge in [-0.2, -0.15) is 0 Å². The number of hydrogen-bond acceptors (Lipinski definition) is 5. The fourth-order valence-electron chi connectivity index (χ4n) is 3.53. The van der Waals surface area contributed by atoms with Crippen molar-refractivity contribution in [3.63, 3.8) is 0 Å². The molecular weight excluding hydrogens is 417 g/mol. The van der Waals surface area contributed by atoms with Gasteiger partial charge in [0.25, 0.3) is 5.56 Å². The molecule has 4 rings (SSSR count). The number of nitrogens with one attached hydrogen (secondary N) is 1. The molecule has 0 fully saturated rings. The molecule has 0 bridgehead atoms. The zero-order valence-corrected chi connectivity index (χ0v) is 18.6. The molecule has 6 nitrogen and oxygen atoms in total. The lowest BCUT2D eigenvalue weighted by Gasteiger charge is -2.22. The number of thioether (sulfide) groups is 1. The summed E-state index contributed by atoms with van der Waals surface area (Å²) in [5, 5.41) is 3.61. The van der Waals surface area contributed by atoms with Gasteiger partial charge in [-0.05, 0) is 56.2 Å². The summed E-state index contributed by atoms with van der Waals surface area (Å²) in [6.45, 7) is 6.25. The third-order valence-corrected chi connectivity index (χ3v) is 6.24. The molecule has 0 spiro atoms. The first-order valence-corrected chi connectivity index (χ1v) is 10.9. The van der Waals surface area contributed by atoms with Crippen LogP contribution in [-0.2, 0) is 6.61 Å². The molecule has 0 radical (unpaired) electrons. The Hall–Kier alpha value is -3.00. The van der Waals surface area contributed by atoms with Gasteiger partial charge in [0.2, 0.25) is 0 Å². The molecule has 1 aliphatic heterocycles.